The van der Waals surface area contributed by atoms with Crippen molar-refractivity contribution in [2.75, 3.05) is 31.2 Å². The lowest BCUT2D eigenvalue weighted by molar-refractivity contribution is 0.122. The number of anilines is 1. The molecule has 2 aromatic carbocycles. The molecule has 4 aromatic rings. The lowest BCUT2D eigenvalue weighted by atomic mass is 9.94. The van der Waals surface area contributed by atoms with Crippen molar-refractivity contribution in [1.82, 2.24) is 20.0 Å². The van der Waals surface area contributed by atoms with E-state index in [1.165, 1.54) is 0 Å². The van der Waals surface area contributed by atoms with Gasteiger partial charge in [-0.25, -0.2) is 9.49 Å². The van der Waals surface area contributed by atoms with Crippen molar-refractivity contribution >= 4 is 16.5 Å². The number of rotatable bonds is 6. The average Bonchev–Trinajstić information content (AvgIpc) is 3.68. The molecule has 0 radical (unpaired) electrons. The number of H-pyrrole nitrogens is 1. The van der Waals surface area contributed by atoms with E-state index in [9.17, 15) is 10.1 Å². The summed E-state index contributed by atoms with van der Waals surface area (Å²) in [6, 6.07) is 9.10. The molecule has 11 heteroatoms. The van der Waals surface area contributed by atoms with E-state index in [1.54, 1.807) is 42.2 Å². The van der Waals surface area contributed by atoms with Gasteiger partial charge in [0.1, 0.15) is 17.4 Å². The first-order valence-electron chi connectivity index (χ1n) is 12.5. The molecule has 0 unspecified atom stereocenters. The van der Waals surface area contributed by atoms with E-state index in [1.807, 2.05) is 4.90 Å². The summed E-state index contributed by atoms with van der Waals surface area (Å²) in [5, 5.41) is 22.3. The van der Waals surface area contributed by atoms with Crippen molar-refractivity contribution in [3.8, 4) is 34.2 Å². The van der Waals surface area contributed by atoms with E-state index >= 15 is 4.39 Å². The Morgan fingerprint density at radius 3 is 2.76 bits per heavy atom. The normalized spacial score (nSPS) is 15.6. The Labute approximate surface area is 217 Å². The Balaban J connectivity index is 1.59. The van der Waals surface area contributed by atoms with Crippen LogP contribution >= 0.6 is 0 Å². The number of nitrogens with two attached hydrogens (primary N) is 1. The fourth-order valence-corrected chi connectivity index (χ4v) is 4.93. The van der Waals surface area contributed by atoms with Gasteiger partial charge in [0.2, 0.25) is 0 Å². The zero-order chi connectivity index (χ0) is 26.4. The third-order valence-electron chi connectivity index (χ3n) is 7.04. The molecule has 2 fully saturated rings. The Kier molecular flexibility index (Phi) is 6.06. The minimum atomic E-state index is -0.516. The predicted octanol–water partition coefficient (Wildman–Crippen LogP) is 2.84. The molecular weight excluding hydrogens is 489 g/mol. The second kappa shape index (κ2) is 9.55. The van der Waals surface area contributed by atoms with Gasteiger partial charge in [-0.2, -0.15) is 15.5 Å². The predicted molar refractivity (Wildman–Crippen MR) is 139 cm³/mol. The van der Waals surface area contributed by atoms with Crippen LogP contribution in [0.4, 0.5) is 10.1 Å². The van der Waals surface area contributed by atoms with Crippen LogP contribution in [-0.2, 0) is 18.3 Å². The van der Waals surface area contributed by atoms with E-state index in [0.29, 0.717) is 71.0 Å². The number of hydrogen-bond acceptors (Lipinski definition) is 8. The zero-order valence-corrected chi connectivity index (χ0v) is 20.8. The first-order valence-corrected chi connectivity index (χ1v) is 12.5. The van der Waals surface area contributed by atoms with Crippen LogP contribution in [0.1, 0.15) is 24.1 Å². The largest absolute Gasteiger partial charge is 0.489 e. The number of benzene rings is 2. The van der Waals surface area contributed by atoms with Crippen LogP contribution < -0.4 is 20.9 Å². The van der Waals surface area contributed by atoms with Crippen molar-refractivity contribution in [3.63, 3.8) is 0 Å². The molecule has 38 heavy (non-hydrogen) atoms. The van der Waals surface area contributed by atoms with Crippen molar-refractivity contribution in [2.45, 2.75) is 25.5 Å². The maximum atomic E-state index is 16.5. The molecule has 3 heterocycles. The number of aryl methyl sites for hydroxylation is 1. The maximum absolute atomic E-state index is 16.5. The monoisotopic (exact) mass is 515 g/mol. The van der Waals surface area contributed by atoms with Crippen molar-refractivity contribution in [2.24, 2.45) is 12.8 Å². The highest BCUT2D eigenvalue weighted by Crippen LogP contribution is 2.44. The topological polar surface area (TPSA) is 135 Å². The molecule has 1 saturated carbocycles. The van der Waals surface area contributed by atoms with Crippen LogP contribution in [-0.4, -0.2) is 52.4 Å². The number of halogens is 1. The summed E-state index contributed by atoms with van der Waals surface area (Å²) in [5.41, 5.74) is 8.42. The number of nitrogens with zero attached hydrogens (tertiary/aromatic N) is 5. The van der Waals surface area contributed by atoms with Gasteiger partial charge in [0.15, 0.2) is 5.82 Å². The molecular formula is C27H26FN7O3. The second-order valence-corrected chi connectivity index (χ2v) is 9.48. The van der Waals surface area contributed by atoms with E-state index in [4.69, 9.17) is 15.2 Å². The second-order valence-electron chi connectivity index (χ2n) is 9.48. The Bertz CT molecular complexity index is 1650. The third kappa shape index (κ3) is 4.08. The lowest BCUT2D eigenvalue weighted by Crippen LogP contribution is -2.37. The summed E-state index contributed by atoms with van der Waals surface area (Å²) in [6.07, 6.45) is 3.44. The summed E-state index contributed by atoms with van der Waals surface area (Å²) >= 11 is 0. The van der Waals surface area contributed by atoms with Crippen LogP contribution in [0.25, 0.3) is 33.2 Å². The van der Waals surface area contributed by atoms with Crippen LogP contribution in [0.15, 0.2) is 35.3 Å². The first-order chi connectivity index (χ1) is 18.5. The van der Waals surface area contributed by atoms with E-state index < -0.39 is 5.82 Å². The maximum Gasteiger partial charge on any atom is 0.272 e. The molecule has 2 aliphatic rings. The SMILES string of the molecule is Cn1ncc(-c2ccc3c(=O)[nH]nc(CN)c3c2)c1-c1c(F)c(N2CCOCC2)cc(OC2CC2)c1C#N. The zero-order valence-electron chi connectivity index (χ0n) is 20.8. The number of aromatic nitrogens is 4. The summed E-state index contributed by atoms with van der Waals surface area (Å²) in [5.74, 6) is -0.155. The van der Waals surface area contributed by atoms with Crippen LogP contribution in [0.3, 0.4) is 0 Å². The minimum Gasteiger partial charge on any atom is -0.489 e. The standard InChI is InChI=1S/C27H26FN7O3/c1-34-26(20(14-31-34)15-2-5-17-18(10-15)21(13-30)32-33-27(17)36)24-19(12-29)23(38-16-3-4-16)11-22(25(24)28)35-6-8-37-9-7-35/h2,5,10-11,14,16H,3-4,6-9,13,30H2,1H3,(H,33,36). The fraction of sp³-hybridized carbons (Fsp3) is 0.333. The minimum absolute atomic E-state index is 0.0183. The van der Waals surface area contributed by atoms with Gasteiger partial charge in [0, 0.05) is 43.7 Å². The van der Waals surface area contributed by atoms with E-state index in [-0.39, 0.29) is 29.3 Å². The van der Waals surface area contributed by atoms with Gasteiger partial charge in [-0.05, 0) is 30.5 Å². The van der Waals surface area contributed by atoms with Crippen molar-refractivity contribution in [1.29, 1.82) is 5.26 Å². The third-order valence-corrected chi connectivity index (χ3v) is 7.04. The molecule has 0 atom stereocenters. The fourth-order valence-electron chi connectivity index (χ4n) is 4.93. The molecule has 3 N–H and O–H groups in total. The van der Waals surface area contributed by atoms with Gasteiger partial charge in [0.05, 0.1) is 53.5 Å². The Hall–Kier alpha value is -4.27. The van der Waals surface area contributed by atoms with Gasteiger partial charge in [0.25, 0.3) is 5.56 Å². The lowest BCUT2D eigenvalue weighted by Gasteiger charge is -2.30. The molecule has 1 aliphatic carbocycles. The highest BCUT2D eigenvalue weighted by molar-refractivity contribution is 5.93. The summed E-state index contributed by atoms with van der Waals surface area (Å²) in [7, 11) is 1.71. The number of morpholine rings is 1. The summed E-state index contributed by atoms with van der Waals surface area (Å²) in [6.45, 7) is 2.15. The molecule has 0 spiro atoms. The number of nitrogens with one attached hydrogen (secondary N) is 1. The van der Waals surface area contributed by atoms with Gasteiger partial charge in [-0.15, -0.1) is 0 Å². The number of aromatic amines is 1. The van der Waals surface area contributed by atoms with Gasteiger partial charge in [-0.1, -0.05) is 6.07 Å². The molecule has 1 aliphatic heterocycles. The van der Waals surface area contributed by atoms with E-state index in [0.717, 1.165) is 12.8 Å². The number of fused-ring (bicyclic) bond motifs is 1. The van der Waals surface area contributed by atoms with Crippen LogP contribution in [0.5, 0.6) is 5.75 Å². The van der Waals surface area contributed by atoms with Gasteiger partial charge in [-0.3, -0.25) is 9.48 Å². The number of nitriles is 1. The molecule has 194 valence electrons. The number of hydrogen-bond donors (Lipinski definition) is 2. The van der Waals surface area contributed by atoms with Crippen LogP contribution in [0.2, 0.25) is 0 Å². The molecule has 0 amide bonds. The van der Waals surface area contributed by atoms with Gasteiger partial charge < -0.3 is 20.1 Å². The molecule has 10 nitrogen and oxygen atoms in total. The Morgan fingerprint density at radius 1 is 1.26 bits per heavy atom. The molecule has 0 bridgehead atoms. The average molecular weight is 516 g/mol. The van der Waals surface area contributed by atoms with Crippen LogP contribution in [0, 0.1) is 17.1 Å². The highest BCUT2D eigenvalue weighted by atomic mass is 19.1. The quantitative estimate of drug-likeness (QED) is 0.400. The van der Waals surface area contributed by atoms with E-state index in [2.05, 4.69) is 21.4 Å². The first kappa shape index (κ1) is 24.1. The highest BCUT2D eigenvalue weighted by Gasteiger charge is 2.31. The molecule has 2 aromatic heterocycles. The van der Waals surface area contributed by atoms with Crippen molar-refractivity contribution < 1.29 is 13.9 Å². The summed E-state index contributed by atoms with van der Waals surface area (Å²) in [4.78, 5) is 14.3. The smallest absolute Gasteiger partial charge is 0.272 e. The number of ether oxygens (including phenoxy) is 2. The van der Waals surface area contributed by atoms with Gasteiger partial charge >= 0.3 is 0 Å². The Morgan fingerprint density at radius 2 is 2.05 bits per heavy atom. The molecule has 6 rings (SSSR count). The molecule has 1 saturated heterocycles. The van der Waals surface area contributed by atoms with Crippen molar-refractivity contribution in [3.05, 3.63) is 57.9 Å². The summed E-state index contributed by atoms with van der Waals surface area (Å²) < 4.78 is 29.7.